The largest absolute Gasteiger partial charge is 0.495 e. The molecule has 1 aromatic carbocycles. The monoisotopic (exact) mass is 322 g/mol. The molecule has 23 heavy (non-hydrogen) atoms. The van der Waals surface area contributed by atoms with Crippen LogP contribution >= 0.6 is 0 Å². The Morgan fingerprint density at radius 3 is 2.70 bits per heavy atom. The van der Waals surface area contributed by atoms with Crippen LogP contribution in [0.2, 0.25) is 0 Å². The highest BCUT2D eigenvalue weighted by molar-refractivity contribution is 6.39. The summed E-state index contributed by atoms with van der Waals surface area (Å²) in [6.45, 7) is 6.52. The van der Waals surface area contributed by atoms with E-state index in [4.69, 9.17) is 9.47 Å². The van der Waals surface area contributed by atoms with Gasteiger partial charge in [-0.3, -0.25) is 9.59 Å². The van der Waals surface area contributed by atoms with Gasteiger partial charge in [0.25, 0.3) is 0 Å². The zero-order chi connectivity index (χ0) is 16.7. The lowest BCUT2D eigenvalue weighted by Crippen LogP contribution is -3.14. The van der Waals surface area contributed by atoms with E-state index in [-0.39, 0.29) is 0 Å². The van der Waals surface area contributed by atoms with Gasteiger partial charge in [0.2, 0.25) is 0 Å². The lowest BCUT2D eigenvalue weighted by Gasteiger charge is -2.23. The van der Waals surface area contributed by atoms with E-state index in [1.807, 2.05) is 13.0 Å². The molecule has 1 aliphatic heterocycles. The summed E-state index contributed by atoms with van der Waals surface area (Å²) in [6.07, 6.45) is 0. The topological polar surface area (TPSA) is 81.1 Å². The van der Waals surface area contributed by atoms with E-state index in [0.717, 1.165) is 38.4 Å². The summed E-state index contributed by atoms with van der Waals surface area (Å²) < 4.78 is 10.5. The summed E-state index contributed by atoms with van der Waals surface area (Å²) in [7, 11) is 1.52. The first-order chi connectivity index (χ1) is 11.1. The maximum absolute atomic E-state index is 12.0. The average molecular weight is 322 g/mol. The highest BCUT2D eigenvalue weighted by Crippen LogP contribution is 2.24. The van der Waals surface area contributed by atoms with Gasteiger partial charge < -0.3 is 25.0 Å². The molecule has 0 spiro atoms. The maximum Gasteiger partial charge on any atom is 0.313 e. The number of amides is 2. The van der Waals surface area contributed by atoms with Gasteiger partial charge in [-0.1, -0.05) is 6.07 Å². The summed E-state index contributed by atoms with van der Waals surface area (Å²) in [5.41, 5.74) is 1.46. The fourth-order valence-electron chi connectivity index (χ4n) is 2.44. The van der Waals surface area contributed by atoms with Gasteiger partial charge >= 0.3 is 11.8 Å². The lowest BCUT2D eigenvalue weighted by atomic mass is 10.2. The van der Waals surface area contributed by atoms with Crippen LogP contribution in [-0.4, -0.2) is 58.3 Å². The fourth-order valence-corrected chi connectivity index (χ4v) is 2.44. The van der Waals surface area contributed by atoms with Crippen LogP contribution in [0.15, 0.2) is 18.2 Å². The number of benzene rings is 1. The van der Waals surface area contributed by atoms with Crippen molar-refractivity contribution in [3.05, 3.63) is 23.8 Å². The van der Waals surface area contributed by atoms with Crippen LogP contribution < -0.4 is 20.3 Å². The number of anilines is 1. The highest BCUT2D eigenvalue weighted by Gasteiger charge is 2.17. The molecular weight excluding hydrogens is 298 g/mol. The number of hydrogen-bond donors (Lipinski definition) is 3. The molecule has 1 heterocycles. The Hall–Kier alpha value is -2.12. The van der Waals surface area contributed by atoms with Gasteiger partial charge in [-0.2, -0.15) is 0 Å². The van der Waals surface area contributed by atoms with E-state index in [9.17, 15) is 9.59 Å². The molecule has 3 N–H and O–H groups in total. The quantitative estimate of drug-likeness (QED) is 0.606. The zero-order valence-corrected chi connectivity index (χ0v) is 13.6. The first-order valence-electron chi connectivity index (χ1n) is 7.75. The molecule has 0 aromatic heterocycles. The van der Waals surface area contributed by atoms with E-state index in [0.29, 0.717) is 18.0 Å². The van der Waals surface area contributed by atoms with Gasteiger partial charge in [-0.05, 0) is 24.6 Å². The van der Waals surface area contributed by atoms with Gasteiger partial charge in [0, 0.05) is 0 Å². The molecule has 0 aliphatic carbocycles. The van der Waals surface area contributed by atoms with Crippen LogP contribution in [0.1, 0.15) is 5.56 Å². The van der Waals surface area contributed by atoms with Crippen LogP contribution in [0.5, 0.6) is 5.75 Å². The number of carbonyl (C=O) groups is 2. The zero-order valence-electron chi connectivity index (χ0n) is 13.6. The number of ether oxygens (including phenoxy) is 2. The van der Waals surface area contributed by atoms with Crippen LogP contribution in [0, 0.1) is 6.92 Å². The number of rotatable bonds is 5. The van der Waals surface area contributed by atoms with Crippen molar-refractivity contribution in [3.63, 3.8) is 0 Å². The van der Waals surface area contributed by atoms with Crippen molar-refractivity contribution >= 4 is 17.5 Å². The van der Waals surface area contributed by atoms with Gasteiger partial charge in [-0.25, -0.2) is 0 Å². The standard InChI is InChI=1S/C16H23N3O4/c1-12-3-4-14(22-2)13(11-12)18-16(21)15(20)17-5-6-19-7-9-23-10-8-19/h3-4,11H,5-10H2,1-2H3,(H,17,20)(H,18,21)/p+1. The van der Waals surface area contributed by atoms with Crippen molar-refractivity contribution in [1.82, 2.24) is 5.32 Å². The Morgan fingerprint density at radius 1 is 1.26 bits per heavy atom. The smallest absolute Gasteiger partial charge is 0.313 e. The normalized spacial score (nSPS) is 15.0. The fraction of sp³-hybridized carbons (Fsp3) is 0.500. The second-order valence-corrected chi connectivity index (χ2v) is 5.53. The van der Waals surface area contributed by atoms with Crippen molar-refractivity contribution in [3.8, 4) is 5.75 Å². The van der Waals surface area contributed by atoms with E-state index in [2.05, 4.69) is 10.6 Å². The number of morpholine rings is 1. The first kappa shape index (κ1) is 17.2. The molecule has 2 amide bonds. The third-order valence-electron chi connectivity index (χ3n) is 3.77. The molecule has 7 nitrogen and oxygen atoms in total. The van der Waals surface area contributed by atoms with E-state index in [1.165, 1.54) is 12.0 Å². The molecule has 0 saturated carbocycles. The molecule has 1 saturated heterocycles. The van der Waals surface area contributed by atoms with E-state index >= 15 is 0 Å². The second kappa shape index (κ2) is 8.50. The molecular formula is C16H24N3O4+. The first-order valence-corrected chi connectivity index (χ1v) is 7.75. The summed E-state index contributed by atoms with van der Waals surface area (Å²) >= 11 is 0. The number of aryl methyl sites for hydroxylation is 1. The summed E-state index contributed by atoms with van der Waals surface area (Å²) in [5, 5.41) is 5.24. The molecule has 0 radical (unpaired) electrons. The minimum absolute atomic E-state index is 0.465. The van der Waals surface area contributed by atoms with Gasteiger partial charge in [-0.15, -0.1) is 0 Å². The maximum atomic E-state index is 12.0. The van der Waals surface area contributed by atoms with Crippen LogP contribution in [0.3, 0.4) is 0 Å². The molecule has 1 aromatic rings. The Bertz CT molecular complexity index is 556. The predicted molar refractivity (Wildman–Crippen MR) is 85.8 cm³/mol. The molecule has 0 bridgehead atoms. The number of methoxy groups -OCH3 is 1. The number of carbonyl (C=O) groups excluding carboxylic acids is 2. The van der Waals surface area contributed by atoms with Crippen LogP contribution in [0.4, 0.5) is 5.69 Å². The van der Waals surface area contributed by atoms with Gasteiger partial charge in [0.15, 0.2) is 0 Å². The lowest BCUT2D eigenvalue weighted by molar-refractivity contribution is -0.906. The number of nitrogens with one attached hydrogen (secondary N) is 3. The van der Waals surface area contributed by atoms with E-state index in [1.54, 1.807) is 12.1 Å². The predicted octanol–water partition coefficient (Wildman–Crippen LogP) is -1.03. The summed E-state index contributed by atoms with van der Waals surface area (Å²) in [5.74, 6) is -0.804. The summed E-state index contributed by atoms with van der Waals surface area (Å²) in [4.78, 5) is 25.2. The molecule has 126 valence electrons. The molecule has 7 heteroatoms. The second-order valence-electron chi connectivity index (χ2n) is 5.53. The molecule has 0 atom stereocenters. The minimum Gasteiger partial charge on any atom is -0.495 e. The molecule has 1 aliphatic rings. The minimum atomic E-state index is -0.689. The Labute approximate surface area is 135 Å². The molecule has 0 unspecified atom stereocenters. The Morgan fingerprint density at radius 2 is 2.00 bits per heavy atom. The van der Waals surface area contributed by atoms with Crippen molar-refractivity contribution in [2.24, 2.45) is 0 Å². The summed E-state index contributed by atoms with van der Waals surface area (Å²) in [6, 6.07) is 5.40. The van der Waals surface area contributed by atoms with Gasteiger partial charge in [0.1, 0.15) is 18.8 Å². The number of hydrogen-bond acceptors (Lipinski definition) is 4. The Kier molecular flexibility index (Phi) is 6.37. The molecule has 1 fully saturated rings. The van der Waals surface area contributed by atoms with Gasteiger partial charge in [0.05, 0.1) is 39.1 Å². The third-order valence-corrected chi connectivity index (χ3v) is 3.77. The van der Waals surface area contributed by atoms with E-state index < -0.39 is 11.8 Å². The van der Waals surface area contributed by atoms with Crippen molar-refractivity contribution < 1.29 is 24.0 Å². The van der Waals surface area contributed by atoms with Crippen LogP contribution in [0.25, 0.3) is 0 Å². The molecule has 2 rings (SSSR count). The van der Waals surface area contributed by atoms with Crippen LogP contribution in [-0.2, 0) is 14.3 Å². The number of quaternary nitrogens is 1. The average Bonchev–Trinajstić information content (AvgIpc) is 2.56. The van der Waals surface area contributed by atoms with Crippen molar-refractivity contribution in [2.45, 2.75) is 6.92 Å². The SMILES string of the molecule is COc1ccc(C)cc1NC(=O)C(=O)NCC[NH+]1CCOCC1. The van der Waals surface area contributed by atoms with Crippen molar-refractivity contribution in [2.75, 3.05) is 51.8 Å². The van der Waals surface area contributed by atoms with Crippen molar-refractivity contribution in [1.29, 1.82) is 0 Å². The third kappa shape index (κ3) is 5.22. The Balaban J connectivity index is 1.80. The highest BCUT2D eigenvalue weighted by atomic mass is 16.5.